The molecule has 2 N–H and O–H groups in total. The van der Waals surface area contributed by atoms with Crippen molar-refractivity contribution in [1.29, 1.82) is 0 Å². The van der Waals surface area contributed by atoms with E-state index >= 15 is 0 Å². The minimum Gasteiger partial charge on any atom is -0.497 e. The second-order valence-corrected chi connectivity index (χ2v) is 8.62. The average Bonchev–Trinajstić information content (AvgIpc) is 3.11. The number of nitrogens with zero attached hydrogens (tertiary/aromatic N) is 5. The first-order chi connectivity index (χ1) is 15.4. The number of methoxy groups -OCH3 is 1. The predicted molar refractivity (Wildman–Crippen MR) is 126 cm³/mol. The first-order valence-electron chi connectivity index (χ1n) is 11.3. The minimum atomic E-state index is 0.132. The highest BCUT2D eigenvalue weighted by Gasteiger charge is 2.21. The highest BCUT2D eigenvalue weighted by atomic mass is 16.5. The molecule has 1 atom stereocenters. The molecule has 1 aliphatic rings. The first-order valence-corrected chi connectivity index (χ1v) is 11.3. The number of nitrogens with one attached hydrogen (secondary N) is 2. The van der Waals surface area contributed by atoms with Crippen LogP contribution in [0.3, 0.4) is 0 Å². The normalized spacial score (nSPS) is 17.6. The molecule has 1 unspecified atom stereocenters. The van der Waals surface area contributed by atoms with Crippen molar-refractivity contribution in [2.24, 2.45) is 18.0 Å². The quantitative estimate of drug-likeness (QED) is 0.451. The van der Waals surface area contributed by atoms with E-state index in [4.69, 9.17) is 14.5 Å². The third kappa shape index (κ3) is 7.20. The third-order valence-corrected chi connectivity index (χ3v) is 5.52. The van der Waals surface area contributed by atoms with Crippen LogP contribution in [0.2, 0.25) is 0 Å². The van der Waals surface area contributed by atoms with E-state index in [-0.39, 0.29) is 6.10 Å². The number of benzene rings is 1. The van der Waals surface area contributed by atoms with Crippen molar-refractivity contribution in [1.82, 2.24) is 30.3 Å². The van der Waals surface area contributed by atoms with Crippen molar-refractivity contribution in [3.8, 4) is 5.75 Å². The van der Waals surface area contributed by atoms with Gasteiger partial charge in [-0.15, -0.1) is 10.2 Å². The summed E-state index contributed by atoms with van der Waals surface area (Å²) in [5.74, 6) is 3.96. The number of ether oxygens (including phenoxy) is 2. The Morgan fingerprint density at radius 3 is 2.69 bits per heavy atom. The van der Waals surface area contributed by atoms with Crippen LogP contribution in [0.15, 0.2) is 29.3 Å². The molecule has 1 aromatic heterocycles. The van der Waals surface area contributed by atoms with Crippen molar-refractivity contribution in [3.05, 3.63) is 41.5 Å². The van der Waals surface area contributed by atoms with E-state index in [0.717, 1.165) is 55.2 Å². The summed E-state index contributed by atoms with van der Waals surface area (Å²) in [6.07, 6.45) is 0.132. The number of aryl methyl sites for hydroxylation is 1. The summed E-state index contributed by atoms with van der Waals surface area (Å²) in [6, 6.07) is 7.96. The Bertz CT molecular complexity index is 864. The van der Waals surface area contributed by atoms with Gasteiger partial charge in [-0.2, -0.15) is 0 Å². The van der Waals surface area contributed by atoms with E-state index in [1.165, 1.54) is 0 Å². The molecule has 32 heavy (non-hydrogen) atoms. The number of hydrogen-bond acceptors (Lipinski definition) is 6. The highest BCUT2D eigenvalue weighted by Crippen LogP contribution is 2.12. The summed E-state index contributed by atoms with van der Waals surface area (Å²) in [6.45, 7) is 12.0. The van der Waals surface area contributed by atoms with Crippen LogP contribution in [0.1, 0.15) is 31.1 Å². The lowest BCUT2D eigenvalue weighted by molar-refractivity contribution is -0.0284. The Morgan fingerprint density at radius 1 is 1.25 bits per heavy atom. The van der Waals surface area contributed by atoms with Crippen molar-refractivity contribution in [2.45, 2.75) is 40.0 Å². The monoisotopic (exact) mass is 443 g/mol. The molecule has 176 valence electrons. The van der Waals surface area contributed by atoms with Crippen molar-refractivity contribution >= 4 is 5.96 Å². The molecule has 0 aliphatic carbocycles. The van der Waals surface area contributed by atoms with Crippen LogP contribution in [0, 0.1) is 12.8 Å². The average molecular weight is 444 g/mol. The fourth-order valence-corrected chi connectivity index (χ4v) is 3.64. The van der Waals surface area contributed by atoms with Gasteiger partial charge in [0.2, 0.25) is 0 Å². The molecule has 0 spiro atoms. The summed E-state index contributed by atoms with van der Waals surface area (Å²) in [7, 11) is 3.63. The maximum absolute atomic E-state index is 5.99. The van der Waals surface area contributed by atoms with E-state index in [1.807, 2.05) is 42.8 Å². The van der Waals surface area contributed by atoms with E-state index in [1.54, 1.807) is 7.11 Å². The van der Waals surface area contributed by atoms with Gasteiger partial charge in [0, 0.05) is 33.2 Å². The summed E-state index contributed by atoms with van der Waals surface area (Å²) >= 11 is 0. The summed E-state index contributed by atoms with van der Waals surface area (Å²) in [5, 5.41) is 15.2. The molecular formula is C23H37N7O2. The maximum atomic E-state index is 5.99. The Labute approximate surface area is 191 Å². The predicted octanol–water partition coefficient (Wildman–Crippen LogP) is 1.72. The van der Waals surface area contributed by atoms with Gasteiger partial charge in [-0.25, -0.2) is 4.99 Å². The smallest absolute Gasteiger partial charge is 0.192 e. The lowest BCUT2D eigenvalue weighted by Gasteiger charge is -2.34. The fourth-order valence-electron chi connectivity index (χ4n) is 3.64. The zero-order valence-corrected chi connectivity index (χ0v) is 20.0. The van der Waals surface area contributed by atoms with Crippen LogP contribution >= 0.6 is 0 Å². The Hall–Kier alpha value is -2.65. The molecule has 2 heterocycles. The number of aliphatic imine (C=N–C) groups is 1. The Kier molecular flexibility index (Phi) is 8.87. The molecule has 3 rings (SSSR count). The van der Waals surface area contributed by atoms with Crippen molar-refractivity contribution in [3.63, 3.8) is 0 Å². The lowest BCUT2D eigenvalue weighted by Crippen LogP contribution is -2.50. The standard InChI is InChI=1S/C23H37N7O2/c1-17(2)15-30-10-11-32-21(16-30)13-25-23(26-14-22-28-27-18(3)29(22)4)24-12-19-6-8-20(31-5)9-7-19/h6-9,17,21H,10-16H2,1-5H3,(H2,24,25,26). The van der Waals surface area contributed by atoms with Crippen LogP contribution in [0.4, 0.5) is 0 Å². The SMILES string of the molecule is COc1ccc(CN=C(NCc2nnc(C)n2C)NCC2CN(CC(C)C)CCO2)cc1. The number of rotatable bonds is 9. The van der Waals surface area contributed by atoms with Crippen LogP contribution in [-0.4, -0.2) is 71.6 Å². The van der Waals surface area contributed by atoms with E-state index in [0.29, 0.717) is 25.6 Å². The Balaban J connectivity index is 1.61. The number of hydrogen-bond donors (Lipinski definition) is 2. The van der Waals surface area contributed by atoms with Crippen LogP contribution in [0.5, 0.6) is 5.75 Å². The zero-order chi connectivity index (χ0) is 22.9. The van der Waals surface area contributed by atoms with E-state index in [2.05, 4.69) is 39.6 Å². The lowest BCUT2D eigenvalue weighted by atomic mass is 10.2. The summed E-state index contributed by atoms with van der Waals surface area (Å²) in [5.41, 5.74) is 1.11. The second kappa shape index (κ2) is 11.8. The molecule has 1 saturated heterocycles. The molecule has 0 amide bonds. The van der Waals surface area contributed by atoms with Gasteiger partial charge in [0.25, 0.3) is 0 Å². The molecule has 0 bridgehead atoms. The van der Waals surface area contributed by atoms with Crippen molar-refractivity contribution in [2.75, 3.05) is 39.9 Å². The topological polar surface area (TPSA) is 88.8 Å². The largest absolute Gasteiger partial charge is 0.497 e. The van der Waals surface area contributed by atoms with E-state index in [9.17, 15) is 0 Å². The van der Waals surface area contributed by atoms with Crippen LogP contribution in [-0.2, 0) is 24.9 Å². The molecule has 9 nitrogen and oxygen atoms in total. The van der Waals surface area contributed by atoms with Crippen LogP contribution in [0.25, 0.3) is 0 Å². The Morgan fingerprint density at radius 2 is 2.03 bits per heavy atom. The molecule has 2 aromatic rings. The highest BCUT2D eigenvalue weighted by molar-refractivity contribution is 5.79. The molecule has 1 aliphatic heterocycles. The molecule has 9 heteroatoms. The fraction of sp³-hybridized carbons (Fsp3) is 0.609. The van der Waals surface area contributed by atoms with Gasteiger partial charge in [0.1, 0.15) is 11.6 Å². The number of guanidine groups is 1. The minimum absolute atomic E-state index is 0.132. The number of morpholine rings is 1. The van der Waals surface area contributed by atoms with Crippen molar-refractivity contribution < 1.29 is 9.47 Å². The number of aromatic nitrogens is 3. The van der Waals surface area contributed by atoms with E-state index < -0.39 is 0 Å². The molecule has 0 saturated carbocycles. The molecule has 1 fully saturated rings. The molecule has 0 radical (unpaired) electrons. The van der Waals surface area contributed by atoms with Gasteiger partial charge in [-0.1, -0.05) is 26.0 Å². The third-order valence-electron chi connectivity index (χ3n) is 5.52. The second-order valence-electron chi connectivity index (χ2n) is 8.62. The van der Waals surface area contributed by atoms with Gasteiger partial charge in [-0.05, 0) is 30.5 Å². The maximum Gasteiger partial charge on any atom is 0.192 e. The first kappa shape index (κ1) is 24.0. The zero-order valence-electron chi connectivity index (χ0n) is 20.0. The van der Waals surface area contributed by atoms with Gasteiger partial charge in [0.15, 0.2) is 11.8 Å². The van der Waals surface area contributed by atoms with Crippen LogP contribution < -0.4 is 15.4 Å². The van der Waals surface area contributed by atoms with Gasteiger partial charge in [-0.3, -0.25) is 4.90 Å². The summed E-state index contributed by atoms with van der Waals surface area (Å²) in [4.78, 5) is 7.26. The summed E-state index contributed by atoms with van der Waals surface area (Å²) < 4.78 is 13.2. The van der Waals surface area contributed by atoms with Gasteiger partial charge >= 0.3 is 0 Å². The molecular weight excluding hydrogens is 406 g/mol. The molecule has 1 aromatic carbocycles. The van der Waals surface area contributed by atoms with Gasteiger partial charge in [0.05, 0.1) is 32.9 Å². The van der Waals surface area contributed by atoms with Gasteiger partial charge < -0.3 is 24.7 Å².